The number of rotatable bonds is 8. The number of ether oxygens (including phenoxy) is 1. The topological polar surface area (TPSA) is 117 Å². The normalized spacial score (nSPS) is 13.0. The van der Waals surface area contributed by atoms with Crippen LogP contribution in [-0.2, 0) is 0 Å². The van der Waals surface area contributed by atoms with Gasteiger partial charge in [-0.3, -0.25) is 0 Å². The van der Waals surface area contributed by atoms with Crippen LogP contribution in [0.25, 0.3) is 0 Å². The van der Waals surface area contributed by atoms with E-state index in [4.69, 9.17) is 4.74 Å². The molecule has 0 aliphatic carbocycles. The monoisotopic (exact) mass is 493 g/mol. The molecule has 174 valence electrons. The molecule has 0 amide bonds. The molecule has 0 aromatic carbocycles. The van der Waals surface area contributed by atoms with Crippen LogP contribution in [0.15, 0.2) is 69.9 Å². The molecule has 8 nitrogen and oxygen atoms in total. The first kappa shape index (κ1) is 24.3. The number of aromatic amines is 1. The number of aromatic nitrogens is 4. The zero-order valence-electron chi connectivity index (χ0n) is 19.0. The van der Waals surface area contributed by atoms with E-state index < -0.39 is 11.7 Å². The van der Waals surface area contributed by atoms with Gasteiger partial charge in [0.15, 0.2) is 0 Å². The van der Waals surface area contributed by atoms with Crippen molar-refractivity contribution >= 4 is 34.9 Å². The second kappa shape index (κ2) is 10.6. The molecule has 0 fully saturated rings. The average Bonchev–Trinajstić information content (AvgIpc) is 3.26. The van der Waals surface area contributed by atoms with Crippen LogP contribution in [0.1, 0.15) is 37.7 Å². The fourth-order valence-electron chi connectivity index (χ4n) is 3.06. The Morgan fingerprint density at radius 2 is 2.00 bits per heavy atom. The van der Waals surface area contributed by atoms with E-state index in [-0.39, 0.29) is 6.42 Å². The van der Waals surface area contributed by atoms with Gasteiger partial charge in [-0.1, -0.05) is 0 Å². The van der Waals surface area contributed by atoms with E-state index in [9.17, 15) is 10.2 Å². The first-order valence-electron chi connectivity index (χ1n) is 10.6. The molecule has 34 heavy (non-hydrogen) atoms. The Kier molecular flexibility index (Phi) is 7.57. The minimum absolute atomic E-state index is 0.200. The SMILES string of the molecule is Cc1ncccc1Oc1cc(Sc2ccccn2)cnc1/N=c1/[nH]c(C(O)CC(C)(C)O)bs1. The third kappa shape index (κ3) is 6.60. The Balaban J connectivity index is 1.68. The summed E-state index contributed by atoms with van der Waals surface area (Å²) in [6.45, 7) is 5.19. The molecule has 4 heterocycles. The van der Waals surface area contributed by atoms with Gasteiger partial charge in [-0.2, -0.15) is 0 Å². The van der Waals surface area contributed by atoms with Gasteiger partial charge in [0.05, 0.1) is 0 Å². The van der Waals surface area contributed by atoms with Crippen molar-refractivity contribution in [2.24, 2.45) is 4.99 Å². The molecule has 1 unspecified atom stereocenters. The van der Waals surface area contributed by atoms with Gasteiger partial charge in [0, 0.05) is 0 Å². The quantitative estimate of drug-likeness (QED) is 0.336. The molecule has 0 saturated heterocycles. The van der Waals surface area contributed by atoms with Crippen LogP contribution in [0.4, 0.5) is 5.82 Å². The minimum atomic E-state index is -0.988. The van der Waals surface area contributed by atoms with E-state index >= 15 is 0 Å². The molecule has 0 radical (unpaired) electrons. The Morgan fingerprint density at radius 1 is 1.18 bits per heavy atom. The second-order valence-electron chi connectivity index (χ2n) is 8.22. The van der Waals surface area contributed by atoms with Gasteiger partial charge in [-0.05, 0) is 0 Å². The average molecular weight is 493 g/mol. The van der Waals surface area contributed by atoms with Crippen molar-refractivity contribution in [3.05, 3.63) is 71.1 Å². The number of hydrogen-bond acceptors (Lipinski definition) is 9. The van der Waals surface area contributed by atoms with Crippen molar-refractivity contribution in [1.82, 2.24) is 19.9 Å². The van der Waals surface area contributed by atoms with Gasteiger partial charge in [-0.15, -0.1) is 0 Å². The van der Waals surface area contributed by atoms with Crippen molar-refractivity contribution in [3.8, 4) is 11.5 Å². The van der Waals surface area contributed by atoms with Gasteiger partial charge in [0.25, 0.3) is 0 Å². The fraction of sp³-hybridized carbons (Fsp3) is 0.261. The van der Waals surface area contributed by atoms with Crippen LogP contribution in [0.3, 0.4) is 0 Å². The summed E-state index contributed by atoms with van der Waals surface area (Å²) in [7, 11) is 0. The zero-order valence-corrected chi connectivity index (χ0v) is 20.6. The molecule has 4 aromatic rings. The van der Waals surface area contributed by atoms with Crippen LogP contribution < -0.4 is 9.54 Å². The molecule has 1 atom stereocenters. The van der Waals surface area contributed by atoms with Crippen LogP contribution in [0.2, 0.25) is 0 Å². The predicted octanol–water partition coefficient (Wildman–Crippen LogP) is 4.28. The molecular formula is C23H24BN5O3S2. The number of nitrogens with zero attached hydrogens (tertiary/aromatic N) is 4. The van der Waals surface area contributed by atoms with Crippen LogP contribution in [-0.4, -0.2) is 41.9 Å². The maximum atomic E-state index is 10.4. The van der Waals surface area contributed by atoms with E-state index in [2.05, 4.69) is 24.9 Å². The molecule has 4 aromatic heterocycles. The van der Waals surface area contributed by atoms with E-state index in [0.29, 0.717) is 27.7 Å². The molecule has 0 spiro atoms. The molecule has 0 aliphatic heterocycles. The zero-order chi connectivity index (χ0) is 24.1. The molecule has 3 N–H and O–H groups in total. The standard InChI is InChI=1S/C23H24BN5O3S2/c1-14-17(7-6-10-25-14)32-18-11-15(33-19-8-4-5-9-26-19)13-27-21(18)29-22-28-20(24-34-22)16(30)12-23(2,3)31/h4-11,13,16,30-31H,12H2,1-3H3,(H,27,28,29). The molecule has 0 saturated carbocycles. The Hall–Kier alpha value is -2.86. The first-order valence-corrected chi connectivity index (χ1v) is 12.3. The van der Waals surface area contributed by atoms with Crippen LogP contribution in [0, 0.1) is 6.92 Å². The number of aryl methyl sites for hydroxylation is 1. The summed E-state index contributed by atoms with van der Waals surface area (Å²) in [5.74, 6) is 1.46. The third-order valence-corrected chi connectivity index (χ3v) is 6.35. The van der Waals surface area contributed by atoms with Crippen molar-refractivity contribution in [1.29, 1.82) is 0 Å². The van der Waals surface area contributed by atoms with E-state index in [1.807, 2.05) is 43.3 Å². The number of H-pyrrole nitrogens is 1. The predicted molar refractivity (Wildman–Crippen MR) is 133 cm³/mol. The number of nitrogens with one attached hydrogen (secondary N) is 1. The molecule has 0 aliphatic rings. The Labute approximate surface area is 206 Å². The number of pyridine rings is 3. The van der Waals surface area contributed by atoms with Gasteiger partial charge < -0.3 is 0 Å². The molecule has 0 bridgehead atoms. The second-order valence-corrected chi connectivity index (χ2v) is 10.2. The van der Waals surface area contributed by atoms with Crippen molar-refractivity contribution in [2.75, 3.05) is 0 Å². The first-order chi connectivity index (χ1) is 16.3. The fourth-order valence-corrected chi connectivity index (χ4v) is 4.60. The number of hydrogen-bond donors (Lipinski definition) is 3. The van der Waals surface area contributed by atoms with E-state index in [0.717, 1.165) is 15.6 Å². The summed E-state index contributed by atoms with van der Waals surface area (Å²) >= 11 is 2.81. The van der Waals surface area contributed by atoms with Crippen LogP contribution >= 0.6 is 22.9 Å². The summed E-state index contributed by atoms with van der Waals surface area (Å²) in [5.41, 5.74) is 0.340. The molecule has 4 rings (SSSR count). The third-order valence-electron chi connectivity index (χ3n) is 4.65. The molecular weight excluding hydrogens is 469 g/mol. The number of aliphatic hydroxyl groups excluding tert-OH is 1. The summed E-state index contributed by atoms with van der Waals surface area (Å²) < 4.78 is 6.17. The van der Waals surface area contributed by atoms with E-state index in [1.54, 1.807) is 38.6 Å². The van der Waals surface area contributed by atoms with Crippen molar-refractivity contribution in [2.45, 2.75) is 48.8 Å². The maximum absolute atomic E-state index is 10.4. The summed E-state index contributed by atoms with van der Waals surface area (Å²) in [6, 6.07) is 11.2. The molecule has 11 heteroatoms. The van der Waals surface area contributed by atoms with Crippen LogP contribution in [0.5, 0.6) is 11.5 Å². The van der Waals surface area contributed by atoms with Gasteiger partial charge in [0.1, 0.15) is 0 Å². The Bertz CT molecular complexity index is 1320. The number of aliphatic hydroxyl groups is 2. The summed E-state index contributed by atoms with van der Waals surface area (Å²) in [5, 5.41) is 21.2. The summed E-state index contributed by atoms with van der Waals surface area (Å²) in [4.78, 5) is 22.3. The van der Waals surface area contributed by atoms with Gasteiger partial charge in [0.2, 0.25) is 0 Å². The van der Waals surface area contributed by atoms with E-state index in [1.165, 1.54) is 22.9 Å². The van der Waals surface area contributed by atoms with Gasteiger partial charge in [-0.25, -0.2) is 0 Å². The van der Waals surface area contributed by atoms with Crippen molar-refractivity contribution < 1.29 is 14.9 Å². The van der Waals surface area contributed by atoms with Crippen molar-refractivity contribution in [3.63, 3.8) is 0 Å². The van der Waals surface area contributed by atoms with Gasteiger partial charge >= 0.3 is 206 Å². The summed E-state index contributed by atoms with van der Waals surface area (Å²) in [6.07, 6.45) is 6.32. The Morgan fingerprint density at radius 3 is 2.74 bits per heavy atom.